The average molecular weight is 361 g/mol. The van der Waals surface area contributed by atoms with E-state index >= 15 is 0 Å². The number of nitrogens with two attached hydrogens (primary N) is 1. The zero-order chi connectivity index (χ0) is 18.0. The Bertz CT molecular complexity index is 861. The number of nitrogens with zero attached hydrogens (tertiary/aromatic N) is 4. The fraction of sp³-hybridized carbons (Fsp3) is 0.412. The highest BCUT2D eigenvalue weighted by atomic mass is 32.2. The first-order chi connectivity index (χ1) is 11.9. The lowest BCUT2D eigenvalue weighted by molar-refractivity contribution is 0.382. The van der Waals surface area contributed by atoms with Crippen molar-refractivity contribution in [2.45, 2.75) is 25.3 Å². The third kappa shape index (κ3) is 3.65. The van der Waals surface area contributed by atoms with Crippen molar-refractivity contribution in [3.8, 4) is 0 Å². The minimum Gasteiger partial charge on any atom is -0.338 e. The number of rotatable bonds is 4. The molecule has 2 heterocycles. The maximum Gasteiger partial charge on any atom is 0.243 e. The Labute approximate surface area is 148 Å². The minimum atomic E-state index is -3.47. The van der Waals surface area contributed by atoms with Gasteiger partial charge in [0.1, 0.15) is 0 Å². The predicted octanol–water partition coefficient (Wildman–Crippen LogP) is 1.06. The summed E-state index contributed by atoms with van der Waals surface area (Å²) in [5.74, 6) is 0.619. The molecule has 2 aromatic rings. The van der Waals surface area contributed by atoms with E-state index in [1.807, 2.05) is 36.9 Å². The molecule has 2 N–H and O–H groups in total. The predicted molar refractivity (Wildman–Crippen MR) is 96.8 cm³/mol. The van der Waals surface area contributed by atoms with E-state index in [1.165, 1.54) is 4.31 Å². The van der Waals surface area contributed by atoms with E-state index in [-0.39, 0.29) is 0 Å². The van der Waals surface area contributed by atoms with Gasteiger partial charge in [-0.15, -0.1) is 0 Å². The van der Waals surface area contributed by atoms with E-state index in [1.54, 1.807) is 12.1 Å². The SMILES string of the molecule is Cc1cc(CN)nc(N2CCN(S(=O)(=O)c3ccccc3C)CC2)n1. The zero-order valence-electron chi connectivity index (χ0n) is 14.5. The summed E-state index contributed by atoms with van der Waals surface area (Å²) >= 11 is 0. The van der Waals surface area contributed by atoms with Crippen LogP contribution in [0.4, 0.5) is 5.95 Å². The van der Waals surface area contributed by atoms with Crippen LogP contribution in [0.5, 0.6) is 0 Å². The van der Waals surface area contributed by atoms with Gasteiger partial charge in [-0.05, 0) is 31.5 Å². The molecule has 8 heteroatoms. The van der Waals surface area contributed by atoms with Crippen LogP contribution >= 0.6 is 0 Å². The largest absolute Gasteiger partial charge is 0.338 e. The van der Waals surface area contributed by atoms with Crippen LogP contribution in [-0.4, -0.2) is 48.9 Å². The van der Waals surface area contributed by atoms with E-state index in [9.17, 15) is 8.42 Å². The standard InChI is InChI=1S/C17H23N5O2S/c1-13-5-3-4-6-16(13)25(23,24)22-9-7-21(8-10-22)17-19-14(2)11-15(12-18)20-17/h3-6,11H,7-10,12,18H2,1-2H3. The summed E-state index contributed by atoms with van der Waals surface area (Å²) in [5.41, 5.74) is 8.09. The number of anilines is 1. The molecule has 0 saturated carbocycles. The zero-order valence-corrected chi connectivity index (χ0v) is 15.3. The van der Waals surface area contributed by atoms with Gasteiger partial charge < -0.3 is 10.6 Å². The highest BCUT2D eigenvalue weighted by Gasteiger charge is 2.30. The number of sulfonamides is 1. The molecule has 1 aromatic heterocycles. The minimum absolute atomic E-state index is 0.359. The Hall–Kier alpha value is -2.03. The molecule has 134 valence electrons. The number of hydrogen-bond acceptors (Lipinski definition) is 6. The fourth-order valence-electron chi connectivity index (χ4n) is 2.98. The van der Waals surface area contributed by atoms with Crippen molar-refractivity contribution in [2.75, 3.05) is 31.1 Å². The molecule has 7 nitrogen and oxygen atoms in total. The van der Waals surface area contributed by atoms with Gasteiger partial charge in [0.15, 0.2) is 0 Å². The molecule has 1 saturated heterocycles. The van der Waals surface area contributed by atoms with Gasteiger partial charge >= 0.3 is 0 Å². The first-order valence-corrected chi connectivity index (χ1v) is 9.71. The molecule has 1 aliphatic rings. The van der Waals surface area contributed by atoms with Gasteiger partial charge in [-0.1, -0.05) is 18.2 Å². The summed E-state index contributed by atoms with van der Waals surface area (Å²) in [7, 11) is -3.47. The molecule has 25 heavy (non-hydrogen) atoms. The molecule has 1 fully saturated rings. The van der Waals surface area contributed by atoms with E-state index in [0.29, 0.717) is 43.6 Å². The van der Waals surface area contributed by atoms with Crippen LogP contribution in [0.15, 0.2) is 35.2 Å². The van der Waals surface area contributed by atoms with Crippen LogP contribution in [0, 0.1) is 13.8 Å². The lowest BCUT2D eigenvalue weighted by Crippen LogP contribution is -2.49. The highest BCUT2D eigenvalue weighted by molar-refractivity contribution is 7.89. The second-order valence-corrected chi connectivity index (χ2v) is 8.07. The molecular weight excluding hydrogens is 338 g/mol. The van der Waals surface area contributed by atoms with Crippen molar-refractivity contribution in [3.05, 3.63) is 47.3 Å². The second-order valence-electron chi connectivity index (χ2n) is 6.16. The summed E-state index contributed by atoms with van der Waals surface area (Å²) < 4.78 is 27.3. The van der Waals surface area contributed by atoms with Crippen molar-refractivity contribution in [1.82, 2.24) is 14.3 Å². The monoisotopic (exact) mass is 361 g/mol. The van der Waals surface area contributed by atoms with Gasteiger partial charge in [0.2, 0.25) is 16.0 Å². The quantitative estimate of drug-likeness (QED) is 0.875. The summed E-state index contributed by atoms with van der Waals surface area (Å²) in [6, 6.07) is 8.94. The van der Waals surface area contributed by atoms with Crippen molar-refractivity contribution >= 4 is 16.0 Å². The van der Waals surface area contributed by atoms with Crippen LogP contribution in [0.25, 0.3) is 0 Å². The summed E-state index contributed by atoms with van der Waals surface area (Å²) in [6.07, 6.45) is 0. The van der Waals surface area contributed by atoms with E-state index in [2.05, 4.69) is 9.97 Å². The van der Waals surface area contributed by atoms with Crippen molar-refractivity contribution in [1.29, 1.82) is 0 Å². The second kappa shape index (κ2) is 7.07. The van der Waals surface area contributed by atoms with Gasteiger partial charge in [-0.2, -0.15) is 4.31 Å². The van der Waals surface area contributed by atoms with Gasteiger partial charge in [-0.25, -0.2) is 18.4 Å². The number of piperazine rings is 1. The first-order valence-electron chi connectivity index (χ1n) is 8.27. The lowest BCUT2D eigenvalue weighted by atomic mass is 10.2. The van der Waals surface area contributed by atoms with Crippen molar-refractivity contribution < 1.29 is 8.42 Å². The third-order valence-electron chi connectivity index (χ3n) is 4.34. The fourth-order valence-corrected chi connectivity index (χ4v) is 4.62. The lowest BCUT2D eigenvalue weighted by Gasteiger charge is -2.34. The molecule has 0 atom stereocenters. The van der Waals surface area contributed by atoms with E-state index in [0.717, 1.165) is 17.0 Å². The first kappa shape index (κ1) is 17.8. The molecule has 0 bridgehead atoms. The van der Waals surface area contributed by atoms with Gasteiger partial charge in [0, 0.05) is 38.4 Å². The van der Waals surface area contributed by atoms with Gasteiger partial charge in [-0.3, -0.25) is 0 Å². The van der Waals surface area contributed by atoms with Crippen LogP contribution in [-0.2, 0) is 16.6 Å². The van der Waals surface area contributed by atoms with Crippen molar-refractivity contribution in [2.24, 2.45) is 5.73 Å². The normalized spacial score (nSPS) is 16.2. The smallest absolute Gasteiger partial charge is 0.243 e. The van der Waals surface area contributed by atoms with Crippen LogP contribution < -0.4 is 10.6 Å². The molecule has 0 amide bonds. The van der Waals surface area contributed by atoms with E-state index in [4.69, 9.17) is 5.73 Å². The van der Waals surface area contributed by atoms with E-state index < -0.39 is 10.0 Å². The average Bonchev–Trinajstić information content (AvgIpc) is 2.61. The Morgan fingerprint density at radius 3 is 2.40 bits per heavy atom. The van der Waals surface area contributed by atoms with Crippen molar-refractivity contribution in [3.63, 3.8) is 0 Å². The molecule has 0 aliphatic carbocycles. The molecule has 1 aromatic carbocycles. The summed E-state index contributed by atoms with van der Waals surface area (Å²) in [6.45, 7) is 6.01. The molecule has 1 aliphatic heterocycles. The number of benzene rings is 1. The number of aryl methyl sites for hydroxylation is 2. The molecule has 0 unspecified atom stereocenters. The maximum absolute atomic E-state index is 12.9. The maximum atomic E-state index is 12.9. The van der Waals surface area contributed by atoms with Gasteiger partial charge in [0.05, 0.1) is 10.6 Å². The summed E-state index contributed by atoms with van der Waals surface area (Å²) in [5, 5.41) is 0. The molecule has 0 spiro atoms. The Kier molecular flexibility index (Phi) is 5.03. The van der Waals surface area contributed by atoms with Crippen LogP contribution in [0.2, 0.25) is 0 Å². The number of aromatic nitrogens is 2. The highest BCUT2D eigenvalue weighted by Crippen LogP contribution is 2.22. The topological polar surface area (TPSA) is 92.4 Å². The van der Waals surface area contributed by atoms with Crippen LogP contribution in [0.1, 0.15) is 17.0 Å². The van der Waals surface area contributed by atoms with Crippen LogP contribution in [0.3, 0.4) is 0 Å². The Morgan fingerprint density at radius 2 is 1.76 bits per heavy atom. The molecule has 3 rings (SSSR count). The Balaban J connectivity index is 1.76. The molecule has 0 radical (unpaired) electrons. The molecular formula is C17H23N5O2S. The van der Waals surface area contributed by atoms with Gasteiger partial charge in [0.25, 0.3) is 0 Å². The number of hydrogen-bond donors (Lipinski definition) is 1. The Morgan fingerprint density at radius 1 is 1.08 bits per heavy atom. The third-order valence-corrected chi connectivity index (χ3v) is 6.40. The summed E-state index contributed by atoms with van der Waals surface area (Å²) in [4.78, 5) is 11.3.